The Morgan fingerprint density at radius 3 is 2.90 bits per heavy atom. The Balaban J connectivity index is 1.63. The highest BCUT2D eigenvalue weighted by atomic mass is 16.5. The van der Waals surface area contributed by atoms with Crippen LogP contribution in [0, 0.1) is 20.8 Å². The van der Waals surface area contributed by atoms with Gasteiger partial charge in [-0.25, -0.2) is 4.98 Å². The van der Waals surface area contributed by atoms with Crippen molar-refractivity contribution in [1.29, 1.82) is 0 Å². The van der Waals surface area contributed by atoms with E-state index >= 15 is 0 Å². The average Bonchev–Trinajstić information content (AvgIpc) is 3.03. The fourth-order valence-corrected chi connectivity index (χ4v) is 2.50. The largest absolute Gasteiger partial charge is 0.370 e. The van der Waals surface area contributed by atoms with Gasteiger partial charge in [-0.2, -0.15) is 9.61 Å². The first kappa shape index (κ1) is 13.6. The lowest BCUT2D eigenvalue weighted by molar-refractivity contribution is 0.392. The van der Waals surface area contributed by atoms with Crippen LogP contribution in [-0.2, 0) is 6.42 Å². The predicted molar refractivity (Wildman–Crippen MR) is 80.5 cm³/mol. The van der Waals surface area contributed by atoms with Crippen molar-refractivity contribution < 1.29 is 4.52 Å². The Bertz CT molecular complexity index is 739. The lowest BCUT2D eigenvalue weighted by Gasteiger charge is -2.09. The van der Waals surface area contributed by atoms with Gasteiger partial charge in [0.05, 0.1) is 11.9 Å². The molecule has 3 rings (SSSR count). The summed E-state index contributed by atoms with van der Waals surface area (Å²) in [6.07, 6.45) is 3.73. The molecule has 0 saturated carbocycles. The highest BCUT2D eigenvalue weighted by Crippen LogP contribution is 2.15. The summed E-state index contributed by atoms with van der Waals surface area (Å²) in [6, 6.07) is 3.91. The molecule has 6 nitrogen and oxygen atoms in total. The van der Waals surface area contributed by atoms with Crippen LogP contribution in [-0.4, -0.2) is 26.3 Å². The van der Waals surface area contributed by atoms with Gasteiger partial charge in [0.25, 0.3) is 0 Å². The lowest BCUT2D eigenvalue weighted by Crippen LogP contribution is -2.09. The van der Waals surface area contributed by atoms with Gasteiger partial charge in [-0.3, -0.25) is 0 Å². The molecule has 21 heavy (non-hydrogen) atoms. The zero-order valence-electron chi connectivity index (χ0n) is 12.6. The minimum absolute atomic E-state index is 0.864. The van der Waals surface area contributed by atoms with Gasteiger partial charge in [-0.1, -0.05) is 5.16 Å². The number of nitrogens with one attached hydrogen (secondary N) is 1. The molecular formula is C15H19N5O. The molecule has 0 aliphatic rings. The van der Waals surface area contributed by atoms with Crippen LogP contribution < -0.4 is 5.32 Å². The summed E-state index contributed by atoms with van der Waals surface area (Å²) >= 11 is 0. The number of aryl methyl sites for hydroxylation is 3. The van der Waals surface area contributed by atoms with Gasteiger partial charge in [0.2, 0.25) is 0 Å². The highest BCUT2D eigenvalue weighted by Gasteiger charge is 2.08. The van der Waals surface area contributed by atoms with Crippen molar-refractivity contribution in [3.8, 4) is 0 Å². The number of fused-ring (bicyclic) bond motifs is 1. The number of aromatic nitrogens is 4. The third kappa shape index (κ3) is 2.74. The minimum atomic E-state index is 0.864. The zero-order valence-corrected chi connectivity index (χ0v) is 12.6. The molecular weight excluding hydrogens is 266 g/mol. The molecule has 110 valence electrons. The van der Waals surface area contributed by atoms with Gasteiger partial charge in [-0.15, -0.1) is 0 Å². The first-order valence-electron chi connectivity index (χ1n) is 7.12. The van der Waals surface area contributed by atoms with Crippen LogP contribution >= 0.6 is 0 Å². The van der Waals surface area contributed by atoms with Crippen molar-refractivity contribution in [3.05, 3.63) is 41.0 Å². The smallest absolute Gasteiger partial charge is 0.157 e. The van der Waals surface area contributed by atoms with E-state index in [0.717, 1.165) is 48.0 Å². The van der Waals surface area contributed by atoms with Gasteiger partial charge in [0, 0.05) is 29.9 Å². The van der Waals surface area contributed by atoms with Crippen LogP contribution in [0.4, 0.5) is 5.82 Å². The number of anilines is 1. The van der Waals surface area contributed by atoms with E-state index in [9.17, 15) is 0 Å². The maximum Gasteiger partial charge on any atom is 0.157 e. The molecule has 0 aliphatic heterocycles. The maximum atomic E-state index is 5.18. The molecule has 0 atom stereocenters. The van der Waals surface area contributed by atoms with Crippen molar-refractivity contribution in [2.45, 2.75) is 33.6 Å². The SMILES string of the molecule is Cc1cc(NCCCc2c(C)noc2C)n2nccc2n1. The van der Waals surface area contributed by atoms with Crippen LogP contribution in [0.2, 0.25) is 0 Å². The standard InChI is InChI=1S/C15H19N5O/c1-10-9-15(20-14(18-10)6-8-17-20)16-7-4-5-13-11(2)19-21-12(13)3/h6,8-9,16H,4-5,7H2,1-3H3. The average molecular weight is 285 g/mol. The van der Waals surface area contributed by atoms with Gasteiger partial charge >= 0.3 is 0 Å². The molecule has 0 unspecified atom stereocenters. The van der Waals surface area contributed by atoms with E-state index in [1.165, 1.54) is 5.56 Å². The second-order valence-electron chi connectivity index (χ2n) is 5.22. The van der Waals surface area contributed by atoms with E-state index in [4.69, 9.17) is 4.52 Å². The summed E-state index contributed by atoms with van der Waals surface area (Å²) in [5.74, 6) is 1.89. The molecule has 6 heteroatoms. The quantitative estimate of drug-likeness (QED) is 0.730. The zero-order chi connectivity index (χ0) is 14.8. The Morgan fingerprint density at radius 1 is 1.29 bits per heavy atom. The van der Waals surface area contributed by atoms with Crippen molar-refractivity contribution in [1.82, 2.24) is 19.8 Å². The Kier molecular flexibility index (Phi) is 3.60. The van der Waals surface area contributed by atoms with Crippen LogP contribution in [0.1, 0.15) is 29.1 Å². The summed E-state index contributed by atoms with van der Waals surface area (Å²) in [5, 5.41) is 11.7. The molecule has 0 bridgehead atoms. The molecule has 1 N–H and O–H groups in total. The van der Waals surface area contributed by atoms with Gasteiger partial charge in [-0.05, 0) is 33.6 Å². The molecule has 0 spiro atoms. The predicted octanol–water partition coefficient (Wildman–Crippen LogP) is 2.69. The van der Waals surface area contributed by atoms with Crippen LogP contribution in [0.25, 0.3) is 5.65 Å². The van der Waals surface area contributed by atoms with Crippen molar-refractivity contribution in [3.63, 3.8) is 0 Å². The van der Waals surface area contributed by atoms with E-state index in [1.54, 1.807) is 6.20 Å². The maximum absolute atomic E-state index is 5.18. The Labute approximate surface area is 123 Å². The van der Waals surface area contributed by atoms with E-state index in [-0.39, 0.29) is 0 Å². The van der Waals surface area contributed by atoms with E-state index in [1.807, 2.05) is 37.4 Å². The number of nitrogens with zero attached hydrogens (tertiary/aromatic N) is 4. The second-order valence-corrected chi connectivity index (χ2v) is 5.22. The summed E-state index contributed by atoms with van der Waals surface area (Å²) in [5.41, 5.74) is 4.05. The summed E-state index contributed by atoms with van der Waals surface area (Å²) in [7, 11) is 0. The molecule has 0 radical (unpaired) electrons. The monoisotopic (exact) mass is 285 g/mol. The molecule has 3 aromatic rings. The third-order valence-electron chi connectivity index (χ3n) is 3.58. The lowest BCUT2D eigenvalue weighted by atomic mass is 10.1. The molecule has 0 aromatic carbocycles. The van der Waals surface area contributed by atoms with Crippen molar-refractivity contribution >= 4 is 11.5 Å². The van der Waals surface area contributed by atoms with Gasteiger partial charge < -0.3 is 9.84 Å². The third-order valence-corrected chi connectivity index (χ3v) is 3.58. The van der Waals surface area contributed by atoms with Crippen molar-refractivity contribution in [2.75, 3.05) is 11.9 Å². The fraction of sp³-hybridized carbons (Fsp3) is 0.400. The second kappa shape index (κ2) is 5.55. The molecule has 3 aromatic heterocycles. The summed E-state index contributed by atoms with van der Waals surface area (Å²) < 4.78 is 7.00. The fourth-order valence-electron chi connectivity index (χ4n) is 2.50. The molecule has 3 heterocycles. The Morgan fingerprint density at radius 2 is 2.14 bits per heavy atom. The first-order valence-corrected chi connectivity index (χ1v) is 7.12. The van der Waals surface area contributed by atoms with Crippen LogP contribution in [0.3, 0.4) is 0 Å². The highest BCUT2D eigenvalue weighted by molar-refractivity contribution is 5.48. The molecule has 0 fully saturated rings. The topological polar surface area (TPSA) is 68.2 Å². The summed E-state index contributed by atoms with van der Waals surface area (Å²) in [4.78, 5) is 4.43. The first-order chi connectivity index (χ1) is 10.1. The van der Waals surface area contributed by atoms with Crippen molar-refractivity contribution in [2.24, 2.45) is 0 Å². The normalized spacial score (nSPS) is 11.2. The summed E-state index contributed by atoms with van der Waals surface area (Å²) in [6.45, 7) is 6.80. The number of hydrogen-bond acceptors (Lipinski definition) is 5. The van der Waals surface area contributed by atoms with Gasteiger partial charge in [0.15, 0.2) is 5.65 Å². The van der Waals surface area contributed by atoms with Crippen LogP contribution in [0.5, 0.6) is 0 Å². The van der Waals surface area contributed by atoms with E-state index in [0.29, 0.717) is 0 Å². The van der Waals surface area contributed by atoms with E-state index < -0.39 is 0 Å². The number of rotatable bonds is 5. The molecule has 0 saturated heterocycles. The number of hydrogen-bond donors (Lipinski definition) is 1. The molecule has 0 amide bonds. The Hall–Kier alpha value is -2.37. The van der Waals surface area contributed by atoms with Crippen LogP contribution in [0.15, 0.2) is 22.9 Å². The minimum Gasteiger partial charge on any atom is -0.370 e. The molecule has 0 aliphatic carbocycles. The van der Waals surface area contributed by atoms with E-state index in [2.05, 4.69) is 20.6 Å². The van der Waals surface area contributed by atoms with Gasteiger partial charge in [0.1, 0.15) is 11.6 Å².